The molecule has 2 aliphatic rings. The quantitative estimate of drug-likeness (QED) is 0.662. The molecule has 2 saturated heterocycles. The Labute approximate surface area is 101 Å². The van der Waals surface area contributed by atoms with Crippen molar-refractivity contribution < 1.29 is 24.1 Å². The van der Waals surface area contributed by atoms with Crippen molar-refractivity contribution in [2.24, 2.45) is 0 Å². The first-order valence-corrected chi connectivity index (χ1v) is 6.12. The second-order valence-electron chi connectivity index (χ2n) is 3.42. The second-order valence-corrected chi connectivity index (χ2v) is 3.86. The van der Waals surface area contributed by atoms with Crippen LogP contribution in [-0.2, 0) is 18.9 Å². The van der Waals surface area contributed by atoms with Gasteiger partial charge in [-0.05, 0) is 0 Å². The maximum Gasteiger partial charge on any atom is 0.109 e. The summed E-state index contributed by atoms with van der Waals surface area (Å²) in [6.07, 6.45) is 0.137. The molecular formula is C10H20O5S. The number of hydrogen-bond donors (Lipinski definition) is 2. The minimum atomic E-state index is 0.0686. The van der Waals surface area contributed by atoms with E-state index in [4.69, 9.17) is 24.1 Å². The molecule has 6 heteroatoms. The Morgan fingerprint density at radius 3 is 1.62 bits per heavy atom. The van der Waals surface area contributed by atoms with Crippen LogP contribution in [0.5, 0.6) is 0 Å². The van der Waals surface area contributed by atoms with Gasteiger partial charge in [-0.25, -0.2) is 0 Å². The minimum Gasteiger partial charge on any atom is -0.396 e. The van der Waals surface area contributed by atoms with Crippen molar-refractivity contribution in [3.05, 3.63) is 0 Å². The number of aliphatic hydroxyl groups excluding tert-OH is 1. The molecule has 5 nitrogen and oxygen atoms in total. The van der Waals surface area contributed by atoms with Gasteiger partial charge in [0.25, 0.3) is 0 Å². The summed E-state index contributed by atoms with van der Waals surface area (Å²) in [5.41, 5.74) is 0. The van der Waals surface area contributed by atoms with E-state index in [9.17, 15) is 0 Å². The molecule has 1 N–H and O–H groups in total. The number of thiol groups is 1. The van der Waals surface area contributed by atoms with E-state index in [1.807, 2.05) is 0 Å². The second kappa shape index (κ2) is 9.21. The first kappa shape index (κ1) is 14.2. The summed E-state index contributed by atoms with van der Waals surface area (Å²) in [5, 5.41) is 7.80. The van der Waals surface area contributed by atoms with Gasteiger partial charge in [-0.3, -0.25) is 0 Å². The van der Waals surface area contributed by atoms with Crippen molar-refractivity contribution in [3.63, 3.8) is 0 Å². The van der Waals surface area contributed by atoms with E-state index < -0.39 is 0 Å². The smallest absolute Gasteiger partial charge is 0.109 e. The van der Waals surface area contributed by atoms with E-state index in [2.05, 4.69) is 12.6 Å². The van der Waals surface area contributed by atoms with Crippen LogP contribution in [0.1, 0.15) is 0 Å². The van der Waals surface area contributed by atoms with E-state index in [1.165, 1.54) is 0 Å². The summed E-state index contributed by atoms with van der Waals surface area (Å²) in [7, 11) is 0. The standard InChI is InChI=1S/C8H14O4.C2H6OS/c1-3-11-7(5-9-1)8-6-10-2-4-12-8;3-1-2-4/h7-8H,1-6H2;3-4H,1-2H2. The Balaban J connectivity index is 0.000000280. The summed E-state index contributed by atoms with van der Waals surface area (Å²) in [5.74, 6) is 0.569. The van der Waals surface area contributed by atoms with Gasteiger partial charge in [0.1, 0.15) is 12.2 Å². The zero-order valence-corrected chi connectivity index (χ0v) is 10.2. The van der Waals surface area contributed by atoms with E-state index in [-0.39, 0.29) is 18.8 Å². The van der Waals surface area contributed by atoms with Crippen LogP contribution in [0.25, 0.3) is 0 Å². The van der Waals surface area contributed by atoms with Gasteiger partial charge >= 0.3 is 0 Å². The molecular weight excluding hydrogens is 232 g/mol. The number of hydrogen-bond acceptors (Lipinski definition) is 6. The highest BCUT2D eigenvalue weighted by atomic mass is 32.1. The van der Waals surface area contributed by atoms with Crippen LogP contribution in [0.15, 0.2) is 0 Å². The van der Waals surface area contributed by atoms with Crippen molar-refractivity contribution in [1.82, 2.24) is 0 Å². The lowest BCUT2D eigenvalue weighted by molar-refractivity contribution is -0.186. The van der Waals surface area contributed by atoms with Gasteiger partial charge in [-0.2, -0.15) is 12.6 Å². The molecule has 0 aromatic carbocycles. The Kier molecular flexibility index (Phi) is 8.18. The van der Waals surface area contributed by atoms with Crippen molar-refractivity contribution in [3.8, 4) is 0 Å². The Morgan fingerprint density at radius 2 is 1.38 bits per heavy atom. The molecule has 0 spiro atoms. The van der Waals surface area contributed by atoms with E-state index in [1.54, 1.807) is 0 Å². The lowest BCUT2D eigenvalue weighted by Gasteiger charge is -2.32. The van der Waals surface area contributed by atoms with Gasteiger partial charge in [0.05, 0.1) is 46.2 Å². The molecule has 2 atom stereocenters. The van der Waals surface area contributed by atoms with Crippen LogP contribution in [-0.4, -0.2) is 69.3 Å². The van der Waals surface area contributed by atoms with Gasteiger partial charge in [-0.1, -0.05) is 0 Å². The predicted octanol–water partition coefficient (Wildman–Crippen LogP) is -0.274. The third kappa shape index (κ3) is 5.47. The van der Waals surface area contributed by atoms with E-state index in [0.29, 0.717) is 45.4 Å². The van der Waals surface area contributed by atoms with Gasteiger partial charge < -0.3 is 24.1 Å². The summed E-state index contributed by atoms with van der Waals surface area (Å²) in [6, 6.07) is 0. The zero-order chi connectivity index (χ0) is 11.6. The summed E-state index contributed by atoms with van der Waals surface area (Å²) in [4.78, 5) is 0. The van der Waals surface area contributed by atoms with Gasteiger partial charge in [0, 0.05) is 5.75 Å². The lowest BCUT2D eigenvalue weighted by atomic mass is 10.2. The van der Waals surface area contributed by atoms with Gasteiger partial charge in [0.2, 0.25) is 0 Å². The molecule has 0 aromatic heterocycles. The molecule has 2 rings (SSSR count). The highest BCUT2D eigenvalue weighted by molar-refractivity contribution is 7.80. The third-order valence-electron chi connectivity index (χ3n) is 2.20. The van der Waals surface area contributed by atoms with Gasteiger partial charge in [-0.15, -0.1) is 0 Å². The first-order valence-electron chi connectivity index (χ1n) is 5.49. The zero-order valence-electron chi connectivity index (χ0n) is 9.34. The Morgan fingerprint density at radius 1 is 0.938 bits per heavy atom. The summed E-state index contributed by atoms with van der Waals surface area (Å²) >= 11 is 3.67. The average Bonchev–Trinajstić information content (AvgIpc) is 2.41. The number of rotatable bonds is 2. The number of aliphatic hydroxyl groups is 1. The fourth-order valence-corrected chi connectivity index (χ4v) is 1.44. The monoisotopic (exact) mass is 252 g/mol. The van der Waals surface area contributed by atoms with Crippen LogP contribution < -0.4 is 0 Å². The maximum atomic E-state index is 7.80. The molecule has 96 valence electrons. The van der Waals surface area contributed by atoms with Crippen LogP contribution >= 0.6 is 12.6 Å². The molecule has 2 aliphatic heterocycles. The fourth-order valence-electron chi connectivity index (χ4n) is 1.44. The molecule has 0 aromatic rings. The summed E-state index contributed by atoms with van der Waals surface area (Å²) in [6.45, 7) is 4.19. The fraction of sp³-hybridized carbons (Fsp3) is 1.00. The Bertz CT molecular complexity index is 139. The average molecular weight is 252 g/mol. The van der Waals surface area contributed by atoms with Crippen LogP contribution in [0, 0.1) is 0 Å². The normalized spacial score (nSPS) is 30.4. The van der Waals surface area contributed by atoms with Crippen molar-refractivity contribution in [2.45, 2.75) is 12.2 Å². The predicted molar refractivity (Wildman–Crippen MR) is 62.1 cm³/mol. The molecule has 0 radical (unpaired) electrons. The highest BCUT2D eigenvalue weighted by Gasteiger charge is 2.27. The highest BCUT2D eigenvalue weighted by Crippen LogP contribution is 2.12. The topological polar surface area (TPSA) is 57.2 Å². The van der Waals surface area contributed by atoms with Crippen molar-refractivity contribution >= 4 is 12.6 Å². The van der Waals surface area contributed by atoms with E-state index >= 15 is 0 Å². The molecule has 0 saturated carbocycles. The van der Waals surface area contributed by atoms with Gasteiger partial charge in [0.15, 0.2) is 0 Å². The summed E-state index contributed by atoms with van der Waals surface area (Å²) < 4.78 is 21.5. The minimum absolute atomic E-state index is 0.0686. The largest absolute Gasteiger partial charge is 0.396 e. The SMILES string of the molecule is C1COC(C2COCCO2)CO1.OCCS. The van der Waals surface area contributed by atoms with Crippen LogP contribution in [0.4, 0.5) is 0 Å². The van der Waals surface area contributed by atoms with Crippen molar-refractivity contribution in [2.75, 3.05) is 52.0 Å². The first-order chi connectivity index (χ1) is 7.88. The van der Waals surface area contributed by atoms with E-state index in [0.717, 1.165) is 0 Å². The lowest BCUT2D eigenvalue weighted by Crippen LogP contribution is -2.45. The molecule has 0 aliphatic carbocycles. The Hall–Kier alpha value is 0.150. The third-order valence-corrected chi connectivity index (χ3v) is 2.40. The van der Waals surface area contributed by atoms with Crippen LogP contribution in [0.3, 0.4) is 0 Å². The molecule has 0 bridgehead atoms. The molecule has 2 unspecified atom stereocenters. The molecule has 16 heavy (non-hydrogen) atoms. The molecule has 0 amide bonds. The molecule has 2 fully saturated rings. The molecule has 2 heterocycles. The van der Waals surface area contributed by atoms with Crippen LogP contribution in [0.2, 0.25) is 0 Å². The maximum absolute atomic E-state index is 7.80. The number of ether oxygens (including phenoxy) is 4. The van der Waals surface area contributed by atoms with Crippen molar-refractivity contribution in [1.29, 1.82) is 0 Å².